The van der Waals surface area contributed by atoms with Crippen molar-refractivity contribution in [1.29, 1.82) is 0 Å². The number of esters is 2. The maximum Gasteiger partial charge on any atom is 0.314 e. The SMILES string of the molecule is CCCOc1c(C(C)C)cc(C(C)C)c(OCOC(=O)C(C)(C)C)c1C=CC(=O)c1ccc(OCOC(=O)C(C)(C)C)cc1. The van der Waals surface area contributed by atoms with Gasteiger partial charge in [0.2, 0.25) is 13.6 Å². The average molecular weight is 611 g/mol. The lowest BCUT2D eigenvalue weighted by molar-refractivity contribution is -0.160. The van der Waals surface area contributed by atoms with Crippen molar-refractivity contribution < 1.29 is 38.1 Å². The summed E-state index contributed by atoms with van der Waals surface area (Å²) >= 11 is 0. The number of ketones is 1. The minimum atomic E-state index is -0.673. The number of carbonyl (C=O) groups excluding carboxylic acids is 3. The number of hydrogen-bond donors (Lipinski definition) is 0. The molecule has 0 aliphatic carbocycles. The highest BCUT2D eigenvalue weighted by molar-refractivity contribution is 6.07. The van der Waals surface area contributed by atoms with Gasteiger partial charge >= 0.3 is 11.9 Å². The van der Waals surface area contributed by atoms with E-state index in [2.05, 4.69) is 33.8 Å². The van der Waals surface area contributed by atoms with E-state index in [0.29, 0.717) is 35.0 Å². The first-order valence-corrected chi connectivity index (χ1v) is 15.2. The molecule has 0 amide bonds. The van der Waals surface area contributed by atoms with Crippen molar-refractivity contribution in [2.75, 3.05) is 20.2 Å². The zero-order chi connectivity index (χ0) is 33.2. The Kier molecular flexibility index (Phi) is 13.0. The predicted molar refractivity (Wildman–Crippen MR) is 172 cm³/mol. The molecular formula is C36H50O8. The molecule has 0 aliphatic heterocycles. The molecule has 8 heteroatoms. The maximum absolute atomic E-state index is 13.3. The van der Waals surface area contributed by atoms with Crippen molar-refractivity contribution in [1.82, 2.24) is 0 Å². The molecular weight excluding hydrogens is 560 g/mol. The Labute approximate surface area is 263 Å². The number of allylic oxidation sites excluding steroid dienone is 1. The highest BCUT2D eigenvalue weighted by Crippen LogP contribution is 2.43. The summed E-state index contributed by atoms with van der Waals surface area (Å²) in [7, 11) is 0. The third-order valence-corrected chi connectivity index (χ3v) is 6.59. The molecule has 0 N–H and O–H groups in total. The molecule has 0 atom stereocenters. The van der Waals surface area contributed by atoms with E-state index in [4.69, 9.17) is 23.7 Å². The van der Waals surface area contributed by atoms with Crippen LogP contribution in [-0.4, -0.2) is 37.9 Å². The van der Waals surface area contributed by atoms with Crippen LogP contribution in [0.5, 0.6) is 17.2 Å². The third kappa shape index (κ3) is 10.4. The van der Waals surface area contributed by atoms with Gasteiger partial charge in [0.05, 0.1) is 23.0 Å². The van der Waals surface area contributed by atoms with Crippen LogP contribution in [0.3, 0.4) is 0 Å². The first-order chi connectivity index (χ1) is 20.5. The number of benzene rings is 2. The van der Waals surface area contributed by atoms with Crippen LogP contribution >= 0.6 is 0 Å². The lowest BCUT2D eigenvalue weighted by atomic mass is 9.90. The van der Waals surface area contributed by atoms with Crippen molar-refractivity contribution in [3.05, 3.63) is 58.7 Å². The van der Waals surface area contributed by atoms with Crippen LogP contribution in [-0.2, 0) is 19.1 Å². The number of ether oxygens (including phenoxy) is 5. The van der Waals surface area contributed by atoms with E-state index >= 15 is 0 Å². The second-order valence-electron chi connectivity index (χ2n) is 13.4. The van der Waals surface area contributed by atoms with Crippen molar-refractivity contribution in [2.24, 2.45) is 10.8 Å². The lowest BCUT2D eigenvalue weighted by Gasteiger charge is -2.24. The van der Waals surface area contributed by atoms with Gasteiger partial charge in [-0.15, -0.1) is 0 Å². The summed E-state index contributed by atoms with van der Waals surface area (Å²) in [4.78, 5) is 37.6. The van der Waals surface area contributed by atoms with Gasteiger partial charge in [-0.1, -0.05) is 34.6 Å². The summed E-state index contributed by atoms with van der Waals surface area (Å²) in [5.41, 5.74) is 1.69. The monoisotopic (exact) mass is 610 g/mol. The highest BCUT2D eigenvalue weighted by Gasteiger charge is 2.26. The molecule has 0 aliphatic rings. The molecule has 0 aromatic heterocycles. The minimum Gasteiger partial charge on any atom is -0.493 e. The number of hydrogen-bond acceptors (Lipinski definition) is 8. The average Bonchev–Trinajstić information content (AvgIpc) is 2.93. The van der Waals surface area contributed by atoms with Crippen molar-refractivity contribution in [3.63, 3.8) is 0 Å². The van der Waals surface area contributed by atoms with E-state index in [1.807, 2.05) is 6.92 Å². The Hall–Kier alpha value is -3.81. The van der Waals surface area contributed by atoms with E-state index in [1.165, 1.54) is 6.08 Å². The Bertz CT molecular complexity index is 1310. The van der Waals surface area contributed by atoms with Gasteiger partial charge < -0.3 is 23.7 Å². The van der Waals surface area contributed by atoms with Crippen LogP contribution in [0.15, 0.2) is 36.4 Å². The molecule has 0 radical (unpaired) electrons. The maximum atomic E-state index is 13.3. The van der Waals surface area contributed by atoms with Crippen LogP contribution < -0.4 is 14.2 Å². The Morgan fingerprint density at radius 1 is 0.727 bits per heavy atom. The van der Waals surface area contributed by atoms with Gasteiger partial charge in [-0.25, -0.2) is 0 Å². The Morgan fingerprint density at radius 2 is 1.20 bits per heavy atom. The fourth-order valence-electron chi connectivity index (χ4n) is 3.94. The Balaban J connectivity index is 2.43. The zero-order valence-corrected chi connectivity index (χ0v) is 28.3. The topological polar surface area (TPSA) is 97.4 Å². The molecule has 0 saturated heterocycles. The van der Waals surface area contributed by atoms with E-state index in [1.54, 1.807) is 71.9 Å². The summed E-state index contributed by atoms with van der Waals surface area (Å²) < 4.78 is 28.5. The van der Waals surface area contributed by atoms with Crippen molar-refractivity contribution in [3.8, 4) is 17.2 Å². The first-order valence-electron chi connectivity index (χ1n) is 15.2. The molecule has 2 aromatic carbocycles. The molecule has 242 valence electrons. The van der Waals surface area contributed by atoms with Gasteiger partial charge in [-0.05, 0) is 113 Å². The molecule has 2 aromatic rings. The third-order valence-electron chi connectivity index (χ3n) is 6.59. The Morgan fingerprint density at radius 3 is 1.66 bits per heavy atom. The zero-order valence-electron chi connectivity index (χ0n) is 28.3. The molecule has 2 rings (SSSR count). The summed E-state index contributed by atoms with van der Waals surface area (Å²) in [6.07, 6.45) is 3.99. The summed E-state index contributed by atoms with van der Waals surface area (Å²) in [5, 5.41) is 0. The standard InChI is InChI=1S/C36H50O8/c1-12-19-40-31-27(17-18-30(37)25-13-15-26(16-14-25)41-21-43-33(38)35(6,7)8)32(42-22-44-34(39)36(9,10)11)29(24(4)5)20-28(31)23(2)3/h13-18,20,23-24H,12,19,21-22H2,1-11H3. The van der Waals surface area contributed by atoms with Crippen LogP contribution in [0.2, 0.25) is 0 Å². The fraction of sp³-hybridized carbons (Fsp3) is 0.528. The van der Waals surface area contributed by atoms with Gasteiger partial charge in [0, 0.05) is 5.56 Å². The molecule has 0 fully saturated rings. The van der Waals surface area contributed by atoms with E-state index < -0.39 is 10.8 Å². The molecule has 0 bridgehead atoms. The second kappa shape index (κ2) is 15.8. The molecule has 44 heavy (non-hydrogen) atoms. The van der Waals surface area contributed by atoms with Crippen LogP contribution in [0.4, 0.5) is 0 Å². The summed E-state index contributed by atoms with van der Waals surface area (Å²) in [5.74, 6) is 0.865. The van der Waals surface area contributed by atoms with Gasteiger partial charge in [0.1, 0.15) is 17.2 Å². The van der Waals surface area contributed by atoms with E-state index in [0.717, 1.165) is 17.5 Å². The van der Waals surface area contributed by atoms with E-state index in [9.17, 15) is 14.4 Å². The molecule has 0 heterocycles. The van der Waals surface area contributed by atoms with Crippen LogP contribution in [0.25, 0.3) is 6.08 Å². The van der Waals surface area contributed by atoms with E-state index in [-0.39, 0.29) is 43.1 Å². The van der Waals surface area contributed by atoms with Gasteiger partial charge in [-0.2, -0.15) is 0 Å². The first kappa shape index (κ1) is 36.4. The van der Waals surface area contributed by atoms with Gasteiger partial charge in [0.15, 0.2) is 5.78 Å². The second-order valence-corrected chi connectivity index (χ2v) is 13.4. The summed E-state index contributed by atoms with van der Waals surface area (Å²) in [6.45, 7) is 21.0. The molecule has 0 unspecified atom stereocenters. The lowest BCUT2D eigenvalue weighted by Crippen LogP contribution is -2.25. The van der Waals surface area contributed by atoms with Crippen LogP contribution in [0, 0.1) is 10.8 Å². The predicted octanol–water partition coefficient (Wildman–Crippen LogP) is 8.47. The number of carbonyl (C=O) groups is 3. The minimum absolute atomic E-state index is 0.0825. The van der Waals surface area contributed by atoms with Gasteiger partial charge in [-0.3, -0.25) is 14.4 Å². The number of rotatable bonds is 14. The van der Waals surface area contributed by atoms with Gasteiger partial charge in [0.25, 0.3) is 0 Å². The normalized spacial score (nSPS) is 12.0. The highest BCUT2D eigenvalue weighted by atomic mass is 16.7. The summed E-state index contributed by atoms with van der Waals surface area (Å²) in [6, 6.07) is 8.68. The molecule has 8 nitrogen and oxygen atoms in total. The largest absolute Gasteiger partial charge is 0.493 e. The van der Waals surface area contributed by atoms with Crippen molar-refractivity contribution in [2.45, 2.75) is 94.4 Å². The van der Waals surface area contributed by atoms with Crippen LogP contribution in [0.1, 0.15) is 121 Å². The molecule has 0 saturated carbocycles. The quantitative estimate of drug-likeness (QED) is 0.0909. The van der Waals surface area contributed by atoms with Crippen molar-refractivity contribution >= 4 is 23.8 Å². The molecule has 0 spiro atoms. The smallest absolute Gasteiger partial charge is 0.314 e. The fourth-order valence-corrected chi connectivity index (χ4v) is 3.94.